The molecule has 0 unspecified atom stereocenters. The third kappa shape index (κ3) is 24.3. The van der Waals surface area contributed by atoms with E-state index in [4.69, 9.17) is 32.6 Å². The van der Waals surface area contributed by atoms with E-state index >= 15 is 0 Å². The first-order chi connectivity index (χ1) is 62.7. The van der Waals surface area contributed by atoms with Crippen molar-refractivity contribution in [3.63, 3.8) is 0 Å². The Bertz CT molecular complexity index is 5110. The maximum absolute atomic E-state index is 13.9. The molecule has 1 aliphatic heterocycles. The highest BCUT2D eigenvalue weighted by Crippen LogP contribution is 2.63. The Balaban J connectivity index is 0.000000155. The molecule has 12 bridgehead atoms. The second-order valence-electron chi connectivity index (χ2n) is 40.9. The molecule has 0 aromatic heterocycles. The molecule has 46 heteroatoms. The molecule has 5 N–H and O–H groups in total. The number of rotatable bonds is 27. The van der Waals surface area contributed by atoms with Crippen LogP contribution in [0.3, 0.4) is 0 Å². The molecular formula is C89H124F10N2O28S6. The summed E-state index contributed by atoms with van der Waals surface area (Å²) in [5, 5.41) is -22.8. The lowest BCUT2D eigenvalue weighted by Gasteiger charge is -2.59. The van der Waals surface area contributed by atoms with Crippen molar-refractivity contribution in [1.82, 2.24) is 9.21 Å². The highest BCUT2D eigenvalue weighted by atomic mass is 32.2. The number of amides is 1. The number of alkyl halides is 10. The van der Waals surface area contributed by atoms with E-state index in [1.54, 1.807) is 0 Å². The monoisotopic (exact) mass is 2050 g/mol. The molecule has 2 aromatic rings. The van der Waals surface area contributed by atoms with E-state index in [1.807, 2.05) is 13.8 Å². The van der Waals surface area contributed by atoms with Gasteiger partial charge in [0.1, 0.15) is 11.2 Å². The smallest absolute Gasteiger partial charge is 0.462 e. The maximum atomic E-state index is 13.9. The van der Waals surface area contributed by atoms with Crippen LogP contribution in [0.15, 0.2) is 46.2 Å². The molecule has 1 saturated heterocycles. The van der Waals surface area contributed by atoms with Gasteiger partial charge in [0, 0.05) is 30.6 Å². The van der Waals surface area contributed by atoms with Crippen molar-refractivity contribution in [3.8, 4) is 0 Å². The summed E-state index contributed by atoms with van der Waals surface area (Å²) in [6.07, 6.45) is 38.8. The molecule has 0 spiro atoms. The predicted molar refractivity (Wildman–Crippen MR) is 463 cm³/mol. The molecule has 135 heavy (non-hydrogen) atoms. The first-order valence-electron chi connectivity index (χ1n) is 47.1. The lowest BCUT2D eigenvalue weighted by molar-refractivity contribution is -0.246. The van der Waals surface area contributed by atoms with E-state index in [9.17, 15) is 132 Å². The number of nitrogens with zero attached hydrogens (tertiary/aromatic N) is 2. The highest BCUT2D eigenvalue weighted by Gasteiger charge is 2.83. The molecule has 0 atom stereocenters. The van der Waals surface area contributed by atoms with Crippen LogP contribution in [0.25, 0.3) is 0 Å². The van der Waals surface area contributed by atoms with Crippen LogP contribution in [0.1, 0.15) is 319 Å². The number of benzene rings is 2. The SMILES string of the molecule is CC1(OC(=O)c2cc(C(=O)OC3(C)C4CC5CC(C4)CC3C5)cc(S(=O)(=O)O)c2)C2CC3CC(C2)CC1C3.O=C(N(C1CCCCC1)C1CCCCC1)C(F)(F)S(=O)(=O)O.O=C(OCC12CC3CC(CC(C3)C1)C2)C(F)(F)S(=O)(=O)O.O=C(OCCC1CCCCC1)c1cc(C(=O)OCCC2CCCCC2)cc(S(=O)(=O)O)c1.O=S(=O)(O)C(F)(F)C(F)(F)C(F)(F)S(=O)(=O)N1CCCCC1. The van der Waals surface area contributed by atoms with Crippen molar-refractivity contribution < 1.29 is 170 Å². The summed E-state index contributed by atoms with van der Waals surface area (Å²) in [6.45, 7) is 3.15. The van der Waals surface area contributed by atoms with Crippen LogP contribution in [0, 0.1) is 82.3 Å². The van der Waals surface area contributed by atoms with Crippen LogP contribution in [0.5, 0.6) is 0 Å². The number of halogens is 10. The summed E-state index contributed by atoms with van der Waals surface area (Å²) in [7, 11) is -34.1. The van der Waals surface area contributed by atoms with Gasteiger partial charge in [0.15, 0.2) is 0 Å². The number of carbonyl (C=O) groups excluding carboxylic acids is 6. The molecule has 17 fully saturated rings. The molecule has 30 nitrogen and oxygen atoms in total. The zero-order chi connectivity index (χ0) is 99.0. The van der Waals surface area contributed by atoms with Crippen molar-refractivity contribution in [2.45, 2.75) is 337 Å². The second-order valence-corrected chi connectivity index (χ2v) is 50.1. The normalized spacial score (nSPS) is 29.7. The van der Waals surface area contributed by atoms with Crippen LogP contribution in [-0.4, -0.2) is 201 Å². The Labute approximate surface area is 781 Å². The Morgan fingerprint density at radius 3 is 0.993 bits per heavy atom. The van der Waals surface area contributed by atoms with Crippen molar-refractivity contribution in [2.75, 3.05) is 32.9 Å². The van der Waals surface area contributed by atoms with Gasteiger partial charge >= 0.3 is 93.0 Å². The van der Waals surface area contributed by atoms with Crippen molar-refractivity contribution >= 4 is 96.4 Å². The van der Waals surface area contributed by atoms with Crippen molar-refractivity contribution in [2.24, 2.45) is 82.3 Å². The van der Waals surface area contributed by atoms with Gasteiger partial charge in [0.2, 0.25) is 0 Å². The molecule has 1 heterocycles. The van der Waals surface area contributed by atoms with Gasteiger partial charge in [-0.1, -0.05) is 109 Å². The van der Waals surface area contributed by atoms with Gasteiger partial charge in [-0.05, 0) is 281 Å². The van der Waals surface area contributed by atoms with Gasteiger partial charge in [0.05, 0.1) is 51.9 Å². The fraction of sp³-hybridized carbons (Fsp3) is 0.798. The lowest BCUT2D eigenvalue weighted by Crippen LogP contribution is -2.63. The predicted octanol–water partition coefficient (Wildman–Crippen LogP) is 17.6. The number of carbonyl (C=O) groups is 6. The number of hydrogen-bond donors (Lipinski definition) is 5. The maximum Gasteiger partial charge on any atom is 0.465 e. The van der Waals surface area contributed by atoms with E-state index in [0.29, 0.717) is 109 Å². The van der Waals surface area contributed by atoms with Crippen molar-refractivity contribution in [3.05, 3.63) is 58.7 Å². The van der Waals surface area contributed by atoms with Gasteiger partial charge < -0.3 is 28.6 Å². The Hall–Kier alpha value is -5.98. The van der Waals surface area contributed by atoms with Crippen LogP contribution in [0.2, 0.25) is 0 Å². The Kier molecular flexibility index (Phi) is 33.5. The minimum absolute atomic E-state index is 0.0441. The van der Waals surface area contributed by atoms with E-state index in [-0.39, 0.29) is 76.7 Å². The Morgan fingerprint density at radius 2 is 0.681 bits per heavy atom. The summed E-state index contributed by atoms with van der Waals surface area (Å²) in [5.41, 5.74) is -1.76. The van der Waals surface area contributed by atoms with E-state index < -0.39 is 157 Å². The zero-order valence-electron chi connectivity index (χ0n) is 75.4. The molecule has 16 aliphatic carbocycles. The number of piperidine rings is 1. The van der Waals surface area contributed by atoms with Crippen LogP contribution >= 0.6 is 0 Å². The largest absolute Gasteiger partial charge is 0.465 e. The first-order valence-corrected chi connectivity index (χ1v) is 55.7. The fourth-order valence-corrected chi connectivity index (χ4v) is 28.8. The average molecular weight is 2050 g/mol. The standard InChI is InChI=1S/C30H38O7S.C24H34O7S.C14H23F2NO4S.C13H18F2O5S.C8H11F6NO5S2/c1-29(22-5-16-3-17(7-22)8-23(29)6-16)36-27(31)20-13-21(15-26(14-20)38(33,34)35)28(32)37-30(2)24-9-18-4-19(11-24)12-25(30)10-18;25-23(30-13-11-18-7-3-1-4-8-18)20-15-21(17-22(16-20)32(27,28)29)24(26)31-14-12-19-9-5-2-6-10-19;15-14(16,22(19,20)21)13(18)17(11-7-3-1-4-8-11)12-9-5-2-6-10-12;14-13(15,21(17,18)19)11(16)20-7-12-4-8-1-9(5-12)3-10(2-8)6-12;9-6(10,8(13,14)22(18,19)20)7(11,12)21(16,17)15-4-2-1-3-5-15/h13-19,22-25H,3-12H2,1-2H3,(H,33,34,35);15-19H,1-14H2,(H,27,28,29);11-12H,1-10H2,(H,19,20,21);8-10H,1-7H2,(H,17,18,19);1-5H2,(H,18,19,20). The molecule has 17 aliphatic rings. The molecular weight excluding hydrogens is 1930 g/mol. The minimum Gasteiger partial charge on any atom is -0.462 e. The molecule has 2 aromatic carbocycles. The van der Waals surface area contributed by atoms with Gasteiger partial charge in [-0.2, -0.15) is 90.3 Å². The summed E-state index contributed by atoms with van der Waals surface area (Å²) in [6, 6.07) is 6.21. The number of esters is 5. The van der Waals surface area contributed by atoms with Crippen molar-refractivity contribution in [1.29, 1.82) is 0 Å². The van der Waals surface area contributed by atoms with Crippen LogP contribution in [-0.2, 0) is 93.9 Å². The number of sulfonamides is 1. The Morgan fingerprint density at radius 1 is 0.378 bits per heavy atom. The zero-order valence-corrected chi connectivity index (χ0v) is 80.3. The van der Waals surface area contributed by atoms with Gasteiger partial charge in [-0.25, -0.2) is 32.4 Å². The van der Waals surface area contributed by atoms with Crippen LogP contribution < -0.4 is 0 Å². The van der Waals surface area contributed by atoms with E-state index in [1.165, 1.54) is 63.5 Å². The summed E-state index contributed by atoms with van der Waals surface area (Å²) >= 11 is 0. The van der Waals surface area contributed by atoms with Gasteiger partial charge in [-0.15, -0.1) is 0 Å². The average Bonchev–Trinajstić information content (AvgIpc) is 0.735. The molecule has 764 valence electrons. The second kappa shape index (κ2) is 41.9. The third-order valence-electron chi connectivity index (χ3n) is 31.5. The topological polar surface area (TPSA) is 461 Å². The van der Waals surface area contributed by atoms with Gasteiger partial charge in [0.25, 0.3) is 30.3 Å². The highest BCUT2D eigenvalue weighted by molar-refractivity contribution is 7.90. The number of hydrogen-bond acceptors (Lipinski definition) is 23. The first kappa shape index (κ1) is 108. The quantitative estimate of drug-likeness (QED) is 0.0240. The summed E-state index contributed by atoms with van der Waals surface area (Å²) in [5.74, 6) is -6.74. The van der Waals surface area contributed by atoms with E-state index in [2.05, 4.69) is 4.74 Å². The van der Waals surface area contributed by atoms with Gasteiger partial charge in [-0.3, -0.25) is 27.6 Å². The lowest BCUT2D eigenvalue weighted by atomic mass is 9.50. The van der Waals surface area contributed by atoms with E-state index in [0.717, 1.165) is 196 Å². The molecule has 16 saturated carbocycles. The molecule has 19 rings (SSSR count). The van der Waals surface area contributed by atoms with Crippen LogP contribution in [0.4, 0.5) is 43.9 Å². The fourth-order valence-electron chi connectivity index (χ4n) is 25.1. The molecule has 0 radical (unpaired) electrons. The summed E-state index contributed by atoms with van der Waals surface area (Å²) in [4.78, 5) is 75.6. The third-order valence-corrected chi connectivity index (χ3v) is 37.6. The number of ether oxygens (including phenoxy) is 5. The molecule has 1 amide bonds. The summed E-state index contributed by atoms with van der Waals surface area (Å²) < 4.78 is 340. The minimum atomic E-state index is -6.98.